The Morgan fingerprint density at radius 3 is 1.45 bits per heavy atom. The summed E-state index contributed by atoms with van der Waals surface area (Å²) in [5, 5.41) is -0.0197. The van der Waals surface area contributed by atoms with Crippen molar-refractivity contribution in [1.29, 1.82) is 0 Å². The largest absolute Gasteiger partial charge is 0.0749 e. The van der Waals surface area contributed by atoms with E-state index in [9.17, 15) is 0 Å². The van der Waals surface area contributed by atoms with Crippen LogP contribution in [0, 0.1) is 17.8 Å². The second-order valence-electron chi connectivity index (χ2n) is 4.55. The molecule has 0 aromatic carbocycles. The zero-order valence-electron chi connectivity index (χ0n) is 8.81. The molecule has 2 radical (unpaired) electrons. The normalized spacial score (nSPS) is 20.4. The molecule has 0 nitrogen and oxygen atoms in total. The molecule has 0 spiro atoms. The molecule has 0 aromatic heterocycles. The molecule has 0 amide bonds. The van der Waals surface area contributed by atoms with Crippen molar-refractivity contribution in [3.05, 3.63) is 0 Å². The summed E-state index contributed by atoms with van der Waals surface area (Å²) in [6.07, 6.45) is 0. The molecule has 0 aliphatic heterocycles. The highest BCUT2D eigenvalue weighted by Crippen LogP contribution is 2.42. The zero-order valence-corrected chi connectivity index (χ0v) is 8.81. The van der Waals surface area contributed by atoms with E-state index in [1.54, 1.807) is 0 Å². The monoisotopic (exact) mass is 152 g/mol. The van der Waals surface area contributed by atoms with E-state index in [2.05, 4.69) is 41.5 Å². The Bertz CT molecular complexity index is 114. The number of rotatable bonds is 3. The Kier molecular flexibility index (Phi) is 3.67. The molecule has 0 saturated heterocycles. The van der Waals surface area contributed by atoms with Crippen molar-refractivity contribution in [2.24, 2.45) is 17.8 Å². The molecule has 11 heavy (non-hydrogen) atoms. The summed E-state index contributed by atoms with van der Waals surface area (Å²) >= 11 is 0. The summed E-state index contributed by atoms with van der Waals surface area (Å²) in [6.45, 7) is 13.3. The number of hydrogen-bond acceptors (Lipinski definition) is 0. The minimum absolute atomic E-state index is 0.0197. The van der Waals surface area contributed by atoms with E-state index in [-0.39, 0.29) is 5.31 Å². The molecule has 1 heteroatoms. The molecule has 0 rings (SSSR count). The quantitative estimate of drug-likeness (QED) is 0.544. The standard InChI is InChI=1S/C10H21B/c1-7(2)9(5)10(6,11)8(3)4/h7-9H,1-6H3. The van der Waals surface area contributed by atoms with Gasteiger partial charge in [0, 0.05) is 0 Å². The highest BCUT2D eigenvalue weighted by molar-refractivity contribution is 6.15. The van der Waals surface area contributed by atoms with Crippen molar-refractivity contribution in [2.75, 3.05) is 0 Å². The Balaban J connectivity index is 4.29. The second kappa shape index (κ2) is 3.64. The molecule has 0 N–H and O–H groups in total. The third kappa shape index (κ3) is 2.54. The van der Waals surface area contributed by atoms with Gasteiger partial charge >= 0.3 is 0 Å². The highest BCUT2D eigenvalue weighted by atomic mass is 14.3. The van der Waals surface area contributed by atoms with Gasteiger partial charge in [-0.1, -0.05) is 46.9 Å². The second-order valence-corrected chi connectivity index (χ2v) is 4.55. The topological polar surface area (TPSA) is 0 Å². The minimum Gasteiger partial charge on any atom is -0.0671 e. The van der Waals surface area contributed by atoms with Crippen molar-refractivity contribution in [2.45, 2.75) is 46.9 Å². The molecule has 0 bridgehead atoms. The van der Waals surface area contributed by atoms with E-state index >= 15 is 0 Å². The van der Waals surface area contributed by atoms with Crippen LogP contribution in [-0.2, 0) is 0 Å². The fourth-order valence-corrected chi connectivity index (χ4v) is 1.24. The highest BCUT2D eigenvalue weighted by Gasteiger charge is 2.30. The van der Waals surface area contributed by atoms with Gasteiger partial charge in [0.05, 0.1) is 7.85 Å². The van der Waals surface area contributed by atoms with E-state index in [0.717, 1.165) is 0 Å². The summed E-state index contributed by atoms with van der Waals surface area (Å²) in [7, 11) is 6.20. The van der Waals surface area contributed by atoms with Crippen molar-refractivity contribution in [3.63, 3.8) is 0 Å². The van der Waals surface area contributed by atoms with Crippen LogP contribution in [0.25, 0.3) is 0 Å². The lowest BCUT2D eigenvalue weighted by Crippen LogP contribution is -2.27. The van der Waals surface area contributed by atoms with Gasteiger partial charge in [-0.3, -0.25) is 0 Å². The molecule has 0 fully saturated rings. The lowest BCUT2D eigenvalue weighted by Gasteiger charge is -2.39. The fraction of sp³-hybridized carbons (Fsp3) is 1.00. The van der Waals surface area contributed by atoms with Crippen LogP contribution < -0.4 is 0 Å². The van der Waals surface area contributed by atoms with Crippen molar-refractivity contribution in [1.82, 2.24) is 0 Å². The van der Waals surface area contributed by atoms with E-state index < -0.39 is 0 Å². The van der Waals surface area contributed by atoms with Crippen LogP contribution >= 0.6 is 0 Å². The average molecular weight is 152 g/mol. The molecular formula is C10H21B. The lowest BCUT2D eigenvalue weighted by atomic mass is 9.54. The van der Waals surface area contributed by atoms with Crippen molar-refractivity contribution in [3.8, 4) is 0 Å². The van der Waals surface area contributed by atoms with E-state index in [0.29, 0.717) is 17.8 Å². The van der Waals surface area contributed by atoms with E-state index in [1.165, 1.54) is 0 Å². The van der Waals surface area contributed by atoms with Crippen molar-refractivity contribution < 1.29 is 0 Å². The summed E-state index contributed by atoms with van der Waals surface area (Å²) in [5.41, 5.74) is 0. The van der Waals surface area contributed by atoms with Gasteiger partial charge in [-0.2, -0.15) is 0 Å². The van der Waals surface area contributed by atoms with Gasteiger partial charge in [0.15, 0.2) is 0 Å². The maximum atomic E-state index is 6.20. The first-order valence-electron chi connectivity index (χ1n) is 4.59. The minimum atomic E-state index is -0.0197. The Labute approximate surface area is 73.2 Å². The third-order valence-corrected chi connectivity index (χ3v) is 3.23. The van der Waals surface area contributed by atoms with Gasteiger partial charge in [0.1, 0.15) is 0 Å². The van der Waals surface area contributed by atoms with Gasteiger partial charge in [0.2, 0.25) is 0 Å². The van der Waals surface area contributed by atoms with Crippen LogP contribution in [0.15, 0.2) is 0 Å². The van der Waals surface area contributed by atoms with Gasteiger partial charge in [-0.05, 0) is 17.8 Å². The zero-order chi connectivity index (χ0) is 9.23. The lowest BCUT2D eigenvalue weighted by molar-refractivity contribution is 0.254. The van der Waals surface area contributed by atoms with Crippen LogP contribution in [0.4, 0.5) is 0 Å². The summed E-state index contributed by atoms with van der Waals surface area (Å²) in [4.78, 5) is 0. The fourth-order valence-electron chi connectivity index (χ4n) is 1.24. The smallest absolute Gasteiger partial charge is 0.0671 e. The predicted molar refractivity (Wildman–Crippen MR) is 53.0 cm³/mol. The Hall–Kier alpha value is 0.0649. The summed E-state index contributed by atoms with van der Waals surface area (Å²) < 4.78 is 0. The Morgan fingerprint density at radius 1 is 1.00 bits per heavy atom. The number of hydrogen-bond donors (Lipinski definition) is 0. The molecule has 64 valence electrons. The van der Waals surface area contributed by atoms with E-state index in [1.807, 2.05) is 0 Å². The first-order chi connectivity index (χ1) is 4.80. The van der Waals surface area contributed by atoms with Gasteiger partial charge < -0.3 is 0 Å². The van der Waals surface area contributed by atoms with Gasteiger partial charge in [0.25, 0.3) is 0 Å². The summed E-state index contributed by atoms with van der Waals surface area (Å²) in [6, 6.07) is 0. The van der Waals surface area contributed by atoms with Crippen LogP contribution in [0.2, 0.25) is 5.31 Å². The van der Waals surface area contributed by atoms with Crippen molar-refractivity contribution >= 4 is 7.85 Å². The maximum Gasteiger partial charge on any atom is 0.0749 e. The van der Waals surface area contributed by atoms with Crippen LogP contribution in [0.5, 0.6) is 0 Å². The molecule has 2 atom stereocenters. The van der Waals surface area contributed by atoms with Gasteiger partial charge in [-0.25, -0.2) is 0 Å². The van der Waals surface area contributed by atoms with Crippen LogP contribution in [-0.4, -0.2) is 7.85 Å². The van der Waals surface area contributed by atoms with Crippen LogP contribution in [0.1, 0.15) is 41.5 Å². The average Bonchev–Trinajstić information content (AvgIpc) is 1.85. The van der Waals surface area contributed by atoms with Crippen LogP contribution in [0.3, 0.4) is 0 Å². The Morgan fingerprint density at radius 2 is 1.36 bits per heavy atom. The first kappa shape index (κ1) is 11.1. The molecule has 2 unspecified atom stereocenters. The molecule has 0 aliphatic rings. The molecule has 0 aromatic rings. The van der Waals surface area contributed by atoms with Gasteiger partial charge in [-0.15, -0.1) is 0 Å². The maximum absolute atomic E-state index is 6.20. The summed E-state index contributed by atoms with van der Waals surface area (Å²) in [5.74, 6) is 1.81. The third-order valence-electron chi connectivity index (χ3n) is 3.23. The first-order valence-corrected chi connectivity index (χ1v) is 4.59. The molecule has 0 saturated carbocycles. The van der Waals surface area contributed by atoms with E-state index in [4.69, 9.17) is 7.85 Å². The molecule has 0 aliphatic carbocycles. The molecular weight excluding hydrogens is 131 g/mol. The molecule has 0 heterocycles. The predicted octanol–water partition coefficient (Wildman–Crippen LogP) is 3.28. The SMILES string of the molecule is [B]C(C)(C(C)C)C(C)C(C)C.